The van der Waals surface area contributed by atoms with Crippen molar-refractivity contribution < 1.29 is 18.7 Å². The highest BCUT2D eigenvalue weighted by Crippen LogP contribution is 2.31. The van der Waals surface area contributed by atoms with Crippen molar-refractivity contribution in [3.63, 3.8) is 0 Å². The van der Waals surface area contributed by atoms with Gasteiger partial charge in [0.05, 0.1) is 28.5 Å². The molecule has 0 N–H and O–H groups in total. The lowest BCUT2D eigenvalue weighted by Crippen LogP contribution is -2.39. The number of carbonyl (C=O) groups is 1. The lowest BCUT2D eigenvalue weighted by Gasteiger charge is -2.25. The second kappa shape index (κ2) is 12.1. The van der Waals surface area contributed by atoms with Crippen LogP contribution >= 0.6 is 11.3 Å². The monoisotopic (exact) mass is 570 g/mol. The molecule has 0 radical (unpaired) electrons. The molecule has 0 amide bonds. The predicted octanol–water partition coefficient (Wildman–Crippen LogP) is 5.64. The molecule has 1 aliphatic rings. The van der Waals surface area contributed by atoms with E-state index < -0.39 is 12.0 Å². The van der Waals surface area contributed by atoms with Gasteiger partial charge in [0.15, 0.2) is 4.80 Å². The molecule has 1 aliphatic heterocycles. The third-order valence-electron chi connectivity index (χ3n) is 6.98. The smallest absolute Gasteiger partial charge is 0.338 e. The molecule has 5 rings (SSSR count). The topological polar surface area (TPSA) is 69.9 Å². The predicted molar refractivity (Wildman–Crippen MR) is 158 cm³/mol. The van der Waals surface area contributed by atoms with Crippen LogP contribution in [-0.2, 0) is 16.1 Å². The summed E-state index contributed by atoms with van der Waals surface area (Å²) < 4.78 is 27.5. The summed E-state index contributed by atoms with van der Waals surface area (Å²) in [6.45, 7) is 8.01. The molecule has 210 valence electrons. The lowest BCUT2D eigenvalue weighted by atomic mass is 9.93. The Balaban J connectivity index is 1.60. The number of hydrogen-bond donors (Lipinski definition) is 0. The van der Waals surface area contributed by atoms with Crippen LogP contribution in [-0.4, -0.2) is 17.1 Å². The number of fused-ring (bicyclic) bond motifs is 1. The van der Waals surface area contributed by atoms with Crippen LogP contribution in [0.3, 0.4) is 0 Å². The molecular formula is C33H31FN2O4S. The highest BCUT2D eigenvalue weighted by atomic mass is 32.1. The van der Waals surface area contributed by atoms with Gasteiger partial charge in [-0.3, -0.25) is 9.36 Å². The quantitative estimate of drug-likeness (QED) is 0.257. The number of halogens is 1. The average molecular weight is 571 g/mol. The summed E-state index contributed by atoms with van der Waals surface area (Å²) in [5.74, 6) is 0.0275. The first-order valence-corrected chi connectivity index (χ1v) is 14.3. The van der Waals surface area contributed by atoms with Crippen molar-refractivity contribution >= 4 is 23.4 Å². The van der Waals surface area contributed by atoms with Crippen molar-refractivity contribution in [1.29, 1.82) is 0 Å². The first-order valence-electron chi connectivity index (χ1n) is 13.5. The Morgan fingerprint density at radius 1 is 1.07 bits per heavy atom. The number of carbonyl (C=O) groups excluding carboxylic acids is 1. The standard InChI is InChI=1S/C33H31FN2O4S/c1-5-39-32(38)29-21(4)35-33-36(30(29)23-16-14-22(15-17-23)20(2)3)31(37)28(41-33)18-24-10-7-9-13-27(24)40-19-25-11-6-8-12-26(25)34/h6-18,20,30H,5,19H2,1-4H3/b28-18+/t30-/m0/s1. The number of para-hydroxylation sites is 1. The summed E-state index contributed by atoms with van der Waals surface area (Å²) in [5.41, 5.74) is 3.66. The SMILES string of the molecule is CCOC(=O)C1=C(C)N=c2s/c(=C/c3ccccc3OCc3ccccc3F)c(=O)n2[C@H]1c1ccc(C(C)C)cc1. The number of thiazole rings is 1. The fourth-order valence-corrected chi connectivity index (χ4v) is 5.85. The van der Waals surface area contributed by atoms with E-state index in [1.165, 1.54) is 17.4 Å². The molecule has 4 aromatic rings. The molecule has 2 heterocycles. The molecular weight excluding hydrogens is 539 g/mol. The van der Waals surface area contributed by atoms with Gasteiger partial charge in [-0.25, -0.2) is 14.2 Å². The van der Waals surface area contributed by atoms with E-state index in [-0.39, 0.29) is 24.6 Å². The third kappa shape index (κ3) is 5.79. The van der Waals surface area contributed by atoms with Gasteiger partial charge in [0.1, 0.15) is 18.2 Å². The molecule has 1 atom stereocenters. The second-order valence-corrected chi connectivity index (χ2v) is 11.1. The summed E-state index contributed by atoms with van der Waals surface area (Å²) >= 11 is 1.25. The lowest BCUT2D eigenvalue weighted by molar-refractivity contribution is -0.139. The van der Waals surface area contributed by atoms with Crippen LogP contribution in [0.25, 0.3) is 6.08 Å². The largest absolute Gasteiger partial charge is 0.488 e. The third-order valence-corrected chi connectivity index (χ3v) is 7.97. The van der Waals surface area contributed by atoms with Crippen molar-refractivity contribution in [2.45, 2.75) is 46.3 Å². The Hall–Kier alpha value is -4.30. The van der Waals surface area contributed by atoms with Crippen molar-refractivity contribution in [2.24, 2.45) is 4.99 Å². The minimum absolute atomic E-state index is 0.0489. The van der Waals surface area contributed by atoms with Crippen LogP contribution in [0.2, 0.25) is 0 Å². The summed E-state index contributed by atoms with van der Waals surface area (Å²) in [7, 11) is 0. The van der Waals surface area contributed by atoms with E-state index in [0.29, 0.717) is 43.4 Å². The number of allylic oxidation sites excluding steroid dienone is 1. The first kappa shape index (κ1) is 28.2. The van der Waals surface area contributed by atoms with Crippen LogP contribution in [0.5, 0.6) is 5.75 Å². The number of aromatic nitrogens is 1. The highest BCUT2D eigenvalue weighted by Gasteiger charge is 2.33. The van der Waals surface area contributed by atoms with Gasteiger partial charge in [-0.1, -0.05) is 85.8 Å². The molecule has 0 unspecified atom stereocenters. The van der Waals surface area contributed by atoms with Gasteiger partial charge >= 0.3 is 5.97 Å². The Morgan fingerprint density at radius 3 is 2.49 bits per heavy atom. The fourth-order valence-electron chi connectivity index (χ4n) is 4.81. The van der Waals surface area contributed by atoms with Crippen LogP contribution in [0.4, 0.5) is 4.39 Å². The number of rotatable bonds is 8. The minimum Gasteiger partial charge on any atom is -0.488 e. The molecule has 0 bridgehead atoms. The molecule has 0 spiro atoms. The molecule has 0 saturated heterocycles. The van der Waals surface area contributed by atoms with Crippen molar-refractivity contribution in [3.05, 3.63) is 132 Å². The Kier molecular flexibility index (Phi) is 8.31. The van der Waals surface area contributed by atoms with Crippen molar-refractivity contribution in [1.82, 2.24) is 4.57 Å². The normalized spacial score (nSPS) is 15.1. The molecule has 1 aromatic heterocycles. The molecule has 0 aliphatic carbocycles. The fraction of sp³-hybridized carbons (Fsp3) is 0.242. The van der Waals surface area contributed by atoms with Crippen molar-refractivity contribution in [2.75, 3.05) is 6.61 Å². The maximum Gasteiger partial charge on any atom is 0.338 e. The Labute approximate surface area is 241 Å². The number of esters is 1. The maximum absolute atomic E-state index is 14.2. The van der Waals surface area contributed by atoms with Gasteiger partial charge in [0, 0.05) is 11.1 Å². The average Bonchev–Trinajstić information content (AvgIpc) is 3.26. The van der Waals surface area contributed by atoms with Gasteiger partial charge in [-0.2, -0.15) is 0 Å². The molecule has 3 aromatic carbocycles. The summed E-state index contributed by atoms with van der Waals surface area (Å²) in [6.07, 6.45) is 1.75. The van der Waals surface area contributed by atoms with Gasteiger partial charge in [0.2, 0.25) is 0 Å². The van der Waals surface area contributed by atoms with E-state index in [1.807, 2.05) is 42.5 Å². The van der Waals surface area contributed by atoms with Crippen LogP contribution < -0.4 is 19.6 Å². The van der Waals surface area contributed by atoms with Crippen LogP contribution in [0.1, 0.15) is 61.9 Å². The van der Waals surface area contributed by atoms with Gasteiger partial charge < -0.3 is 9.47 Å². The zero-order valence-electron chi connectivity index (χ0n) is 23.4. The Morgan fingerprint density at radius 2 is 1.78 bits per heavy atom. The van der Waals surface area contributed by atoms with Crippen LogP contribution in [0.15, 0.2) is 93.9 Å². The second-order valence-electron chi connectivity index (χ2n) is 10.0. The first-order chi connectivity index (χ1) is 19.8. The summed E-state index contributed by atoms with van der Waals surface area (Å²) in [4.78, 5) is 32.2. The van der Waals surface area contributed by atoms with E-state index in [4.69, 9.17) is 9.47 Å². The number of nitrogens with zero attached hydrogens (tertiary/aromatic N) is 2. The number of ether oxygens (including phenoxy) is 2. The maximum atomic E-state index is 14.2. The highest BCUT2D eigenvalue weighted by molar-refractivity contribution is 7.07. The van der Waals surface area contributed by atoms with Gasteiger partial charge in [0.25, 0.3) is 5.56 Å². The molecule has 6 nitrogen and oxygen atoms in total. The van der Waals surface area contributed by atoms with E-state index in [0.717, 1.165) is 11.1 Å². The van der Waals surface area contributed by atoms with Crippen molar-refractivity contribution in [3.8, 4) is 5.75 Å². The molecule has 0 fully saturated rings. The molecule has 41 heavy (non-hydrogen) atoms. The summed E-state index contributed by atoms with van der Waals surface area (Å²) in [6, 6.07) is 21.0. The van der Waals surface area contributed by atoms with E-state index in [2.05, 4.69) is 18.8 Å². The van der Waals surface area contributed by atoms with Gasteiger partial charge in [-0.15, -0.1) is 0 Å². The van der Waals surface area contributed by atoms with Gasteiger partial charge in [-0.05, 0) is 49.1 Å². The van der Waals surface area contributed by atoms with Crippen LogP contribution in [0, 0.1) is 5.82 Å². The number of benzene rings is 3. The summed E-state index contributed by atoms with van der Waals surface area (Å²) in [5, 5.41) is 0. The van der Waals surface area contributed by atoms with E-state index in [1.54, 1.807) is 48.8 Å². The number of hydrogen-bond acceptors (Lipinski definition) is 6. The zero-order chi connectivity index (χ0) is 29.1. The minimum atomic E-state index is -0.679. The molecule has 0 saturated carbocycles. The van der Waals surface area contributed by atoms with E-state index in [9.17, 15) is 14.0 Å². The Bertz CT molecular complexity index is 1800. The van der Waals surface area contributed by atoms with E-state index >= 15 is 0 Å². The molecule has 8 heteroatoms. The zero-order valence-corrected chi connectivity index (χ0v) is 24.2.